The maximum absolute atomic E-state index is 13.2. The van der Waals surface area contributed by atoms with Gasteiger partial charge in [0.2, 0.25) is 5.91 Å². The lowest BCUT2D eigenvalue weighted by Gasteiger charge is -2.14. The van der Waals surface area contributed by atoms with E-state index in [-0.39, 0.29) is 11.8 Å². The molecule has 1 aliphatic rings. The number of nitrogens with zero attached hydrogens (tertiary/aromatic N) is 2. The monoisotopic (exact) mass is 498 g/mol. The van der Waals surface area contributed by atoms with Gasteiger partial charge in [0.05, 0.1) is 24.1 Å². The summed E-state index contributed by atoms with van der Waals surface area (Å²) in [6, 6.07) is 21.5. The predicted molar refractivity (Wildman–Crippen MR) is 144 cm³/mol. The molecule has 3 aromatic carbocycles. The molecular formula is C29H30N4O4. The third kappa shape index (κ3) is 6.10. The molecule has 2 N–H and O–H groups in total. The number of hydrogen-bond acceptors (Lipinski definition) is 6. The van der Waals surface area contributed by atoms with Gasteiger partial charge >= 0.3 is 5.97 Å². The highest BCUT2D eigenvalue weighted by Gasteiger charge is 2.36. The molecule has 0 aromatic heterocycles. The summed E-state index contributed by atoms with van der Waals surface area (Å²) in [5, 5.41) is 5.82. The summed E-state index contributed by atoms with van der Waals surface area (Å²) in [5.41, 5.74) is 4.01. The van der Waals surface area contributed by atoms with Crippen LogP contribution in [-0.4, -0.2) is 62.7 Å². The minimum absolute atomic E-state index is 0.170. The van der Waals surface area contributed by atoms with Crippen molar-refractivity contribution in [3.05, 3.63) is 95.1 Å². The second-order valence-corrected chi connectivity index (χ2v) is 9.04. The first-order chi connectivity index (χ1) is 17.9. The van der Waals surface area contributed by atoms with E-state index in [1.165, 1.54) is 7.11 Å². The SMILES string of the molecule is COC(=O)c1ccc2c(c1)NC(=O)C2C(=Nc1cccc(C(=O)NCCCN(C)C)c1)c1ccccc1. The lowest BCUT2D eigenvalue weighted by molar-refractivity contribution is -0.115. The highest BCUT2D eigenvalue weighted by molar-refractivity contribution is 6.24. The molecule has 0 radical (unpaired) electrons. The van der Waals surface area contributed by atoms with Gasteiger partial charge in [-0.05, 0) is 68.5 Å². The summed E-state index contributed by atoms with van der Waals surface area (Å²) >= 11 is 0. The second-order valence-electron chi connectivity index (χ2n) is 9.04. The van der Waals surface area contributed by atoms with Gasteiger partial charge in [-0.1, -0.05) is 42.5 Å². The highest BCUT2D eigenvalue weighted by Crippen LogP contribution is 2.37. The standard InChI is InChI=1S/C29H30N4O4/c1-33(2)16-8-15-30-27(34)20-11-7-12-22(17-20)31-26(19-9-5-4-6-10-19)25-23-14-13-21(29(36)37-3)18-24(23)32-28(25)35/h4-7,9-14,17-18,25H,8,15-16H2,1-3H3,(H,30,34)(H,32,35). The second kappa shape index (κ2) is 11.6. The number of nitrogens with one attached hydrogen (secondary N) is 2. The lowest BCUT2D eigenvalue weighted by atomic mass is 9.90. The zero-order valence-corrected chi connectivity index (χ0v) is 21.2. The average Bonchev–Trinajstić information content (AvgIpc) is 3.24. The van der Waals surface area contributed by atoms with Crippen LogP contribution in [0.1, 0.15) is 44.2 Å². The van der Waals surface area contributed by atoms with Crippen LogP contribution in [0.4, 0.5) is 11.4 Å². The van der Waals surface area contributed by atoms with Crippen molar-refractivity contribution in [2.75, 3.05) is 39.6 Å². The van der Waals surface area contributed by atoms with E-state index in [9.17, 15) is 14.4 Å². The molecule has 1 atom stereocenters. The van der Waals surface area contributed by atoms with E-state index < -0.39 is 11.9 Å². The number of fused-ring (bicyclic) bond motifs is 1. The van der Waals surface area contributed by atoms with Crippen LogP contribution >= 0.6 is 0 Å². The number of amides is 2. The number of carbonyl (C=O) groups is 3. The van der Waals surface area contributed by atoms with Gasteiger partial charge in [-0.15, -0.1) is 0 Å². The molecule has 0 bridgehead atoms. The number of hydrogen-bond donors (Lipinski definition) is 2. The van der Waals surface area contributed by atoms with Crippen LogP contribution < -0.4 is 10.6 Å². The van der Waals surface area contributed by atoms with E-state index in [0.29, 0.717) is 34.8 Å². The molecule has 4 rings (SSSR count). The average molecular weight is 499 g/mol. The van der Waals surface area contributed by atoms with Gasteiger partial charge in [0.15, 0.2) is 0 Å². The quantitative estimate of drug-likeness (QED) is 0.264. The lowest BCUT2D eigenvalue weighted by Crippen LogP contribution is -2.27. The Morgan fingerprint density at radius 1 is 0.973 bits per heavy atom. The summed E-state index contributed by atoms with van der Waals surface area (Å²) in [4.78, 5) is 44.8. The molecule has 1 aliphatic heterocycles. The Balaban J connectivity index is 1.67. The number of carbonyl (C=O) groups excluding carboxylic acids is 3. The van der Waals surface area contributed by atoms with E-state index in [4.69, 9.17) is 9.73 Å². The molecule has 8 heteroatoms. The number of anilines is 1. The molecule has 190 valence electrons. The zero-order valence-electron chi connectivity index (χ0n) is 21.2. The van der Waals surface area contributed by atoms with Crippen LogP contribution in [0.3, 0.4) is 0 Å². The van der Waals surface area contributed by atoms with Crippen molar-refractivity contribution in [1.29, 1.82) is 0 Å². The first kappa shape index (κ1) is 25.8. The summed E-state index contributed by atoms with van der Waals surface area (Å²) < 4.78 is 4.81. The van der Waals surface area contributed by atoms with E-state index in [1.54, 1.807) is 42.5 Å². The Bertz CT molecular complexity index is 1330. The molecular weight excluding hydrogens is 468 g/mol. The number of methoxy groups -OCH3 is 1. The highest BCUT2D eigenvalue weighted by atomic mass is 16.5. The van der Waals surface area contributed by atoms with Gasteiger partial charge in [0.1, 0.15) is 5.92 Å². The molecule has 1 heterocycles. The number of ether oxygens (including phenoxy) is 1. The summed E-state index contributed by atoms with van der Waals surface area (Å²) in [5.74, 6) is -1.58. The normalized spacial score (nSPS) is 14.8. The largest absolute Gasteiger partial charge is 0.465 e. The number of aliphatic imine (C=N–C) groups is 1. The summed E-state index contributed by atoms with van der Waals surface area (Å²) in [6.07, 6.45) is 0.850. The maximum atomic E-state index is 13.2. The molecule has 3 aromatic rings. The predicted octanol–water partition coefficient (Wildman–Crippen LogP) is 4.01. The molecule has 37 heavy (non-hydrogen) atoms. The number of esters is 1. The fourth-order valence-corrected chi connectivity index (χ4v) is 4.24. The summed E-state index contributed by atoms with van der Waals surface area (Å²) in [6.45, 7) is 1.46. The van der Waals surface area contributed by atoms with Crippen molar-refractivity contribution in [2.24, 2.45) is 4.99 Å². The van der Waals surface area contributed by atoms with Crippen LogP contribution in [0, 0.1) is 0 Å². The van der Waals surface area contributed by atoms with Crippen LogP contribution in [0.5, 0.6) is 0 Å². The van der Waals surface area contributed by atoms with Gasteiger partial charge in [0.25, 0.3) is 5.91 Å². The van der Waals surface area contributed by atoms with Crippen molar-refractivity contribution in [3.8, 4) is 0 Å². The van der Waals surface area contributed by atoms with Crippen LogP contribution in [0.2, 0.25) is 0 Å². The molecule has 0 spiro atoms. The fraction of sp³-hybridized carbons (Fsp3) is 0.241. The molecule has 2 amide bonds. The van der Waals surface area contributed by atoms with Crippen molar-refractivity contribution in [1.82, 2.24) is 10.2 Å². The minimum atomic E-state index is -0.687. The van der Waals surface area contributed by atoms with Gasteiger partial charge in [-0.3, -0.25) is 14.6 Å². The van der Waals surface area contributed by atoms with Crippen molar-refractivity contribution < 1.29 is 19.1 Å². The van der Waals surface area contributed by atoms with Crippen LogP contribution in [-0.2, 0) is 9.53 Å². The topological polar surface area (TPSA) is 100 Å². The van der Waals surface area contributed by atoms with Gasteiger partial charge in [-0.25, -0.2) is 4.79 Å². The van der Waals surface area contributed by atoms with E-state index in [0.717, 1.165) is 24.1 Å². The zero-order chi connectivity index (χ0) is 26.4. The van der Waals surface area contributed by atoms with Crippen molar-refractivity contribution in [3.63, 3.8) is 0 Å². The van der Waals surface area contributed by atoms with Gasteiger partial charge < -0.3 is 20.3 Å². The first-order valence-corrected chi connectivity index (χ1v) is 12.1. The third-order valence-corrected chi connectivity index (χ3v) is 6.07. The number of rotatable bonds is 9. The minimum Gasteiger partial charge on any atom is -0.465 e. The van der Waals surface area contributed by atoms with Crippen molar-refractivity contribution >= 4 is 34.9 Å². The molecule has 1 unspecified atom stereocenters. The smallest absolute Gasteiger partial charge is 0.337 e. The van der Waals surface area contributed by atoms with Crippen LogP contribution in [0.15, 0.2) is 77.8 Å². The Kier molecular flexibility index (Phi) is 8.10. The van der Waals surface area contributed by atoms with E-state index >= 15 is 0 Å². The Morgan fingerprint density at radius 2 is 1.73 bits per heavy atom. The Hall–Kier alpha value is -4.30. The first-order valence-electron chi connectivity index (χ1n) is 12.1. The Morgan fingerprint density at radius 3 is 2.46 bits per heavy atom. The van der Waals surface area contributed by atoms with Crippen molar-refractivity contribution in [2.45, 2.75) is 12.3 Å². The maximum Gasteiger partial charge on any atom is 0.337 e. The number of benzene rings is 3. The van der Waals surface area contributed by atoms with Gasteiger partial charge in [-0.2, -0.15) is 0 Å². The molecule has 0 aliphatic carbocycles. The fourth-order valence-electron chi connectivity index (χ4n) is 4.24. The van der Waals surface area contributed by atoms with E-state index in [2.05, 4.69) is 15.5 Å². The molecule has 0 saturated carbocycles. The molecule has 8 nitrogen and oxygen atoms in total. The summed E-state index contributed by atoms with van der Waals surface area (Å²) in [7, 11) is 5.30. The molecule has 0 saturated heterocycles. The van der Waals surface area contributed by atoms with Gasteiger partial charge in [0, 0.05) is 17.8 Å². The Labute approximate surface area is 216 Å². The van der Waals surface area contributed by atoms with Crippen LogP contribution in [0.25, 0.3) is 0 Å². The third-order valence-electron chi connectivity index (χ3n) is 6.07. The molecule has 0 fully saturated rings. The van der Waals surface area contributed by atoms with E-state index in [1.807, 2.05) is 44.4 Å².